The zero-order chi connectivity index (χ0) is 15.2. The van der Waals surface area contributed by atoms with E-state index in [0.29, 0.717) is 21.2 Å². The summed E-state index contributed by atoms with van der Waals surface area (Å²) in [5.41, 5.74) is 2.12. The minimum Gasteiger partial charge on any atom is -0.358 e. The third-order valence-corrected chi connectivity index (χ3v) is 6.14. The van der Waals surface area contributed by atoms with Gasteiger partial charge in [-0.3, -0.25) is 4.72 Å². The maximum atomic E-state index is 12.4. The highest BCUT2D eigenvalue weighted by Crippen LogP contribution is 2.33. The van der Waals surface area contributed by atoms with Crippen molar-refractivity contribution >= 4 is 49.6 Å². The van der Waals surface area contributed by atoms with Crippen molar-refractivity contribution in [2.24, 2.45) is 0 Å². The lowest BCUT2D eigenvalue weighted by molar-refractivity contribution is 0.603. The molecule has 0 saturated carbocycles. The first-order valence-electron chi connectivity index (χ1n) is 6.10. The largest absolute Gasteiger partial charge is 0.358 e. The first-order chi connectivity index (χ1) is 9.88. The van der Waals surface area contributed by atoms with Gasteiger partial charge in [-0.1, -0.05) is 17.7 Å². The van der Waals surface area contributed by atoms with Crippen LogP contribution in [0.5, 0.6) is 0 Å². The topological polar surface area (TPSA) is 74.8 Å². The van der Waals surface area contributed by atoms with Crippen molar-refractivity contribution in [3.63, 3.8) is 0 Å². The molecular weight excluding hydrogens is 330 g/mol. The van der Waals surface area contributed by atoms with E-state index in [4.69, 9.17) is 11.6 Å². The molecule has 8 heteroatoms. The van der Waals surface area contributed by atoms with Crippen LogP contribution in [-0.2, 0) is 10.0 Å². The van der Waals surface area contributed by atoms with Crippen molar-refractivity contribution in [2.75, 3.05) is 4.72 Å². The second-order valence-electron chi connectivity index (χ2n) is 4.62. The second kappa shape index (κ2) is 5.01. The van der Waals surface area contributed by atoms with Crippen LogP contribution in [0.25, 0.3) is 10.9 Å². The van der Waals surface area contributed by atoms with Crippen molar-refractivity contribution in [3.8, 4) is 0 Å². The van der Waals surface area contributed by atoms with E-state index < -0.39 is 10.0 Å². The molecule has 0 bridgehead atoms. The molecule has 2 heterocycles. The third kappa shape index (κ3) is 2.52. The van der Waals surface area contributed by atoms with Crippen LogP contribution in [0.15, 0.2) is 28.7 Å². The average molecular weight is 342 g/mol. The number of halogens is 1. The highest BCUT2D eigenvalue weighted by Gasteiger charge is 2.19. The van der Waals surface area contributed by atoms with Gasteiger partial charge >= 0.3 is 0 Å². The number of benzene rings is 1. The number of sulfonamides is 1. The van der Waals surface area contributed by atoms with Crippen molar-refractivity contribution < 1.29 is 8.42 Å². The van der Waals surface area contributed by atoms with E-state index in [9.17, 15) is 8.42 Å². The minimum atomic E-state index is -3.64. The number of rotatable bonds is 3. The molecule has 2 aromatic heterocycles. The van der Waals surface area contributed by atoms with Gasteiger partial charge in [0.15, 0.2) is 4.21 Å². The number of hydrogen-bond donors (Lipinski definition) is 2. The van der Waals surface area contributed by atoms with Gasteiger partial charge in [-0.2, -0.15) is 0 Å². The van der Waals surface area contributed by atoms with Crippen LogP contribution in [0.2, 0.25) is 5.02 Å². The highest BCUT2D eigenvalue weighted by atomic mass is 35.5. The summed E-state index contributed by atoms with van der Waals surface area (Å²) >= 11 is 7.25. The normalized spacial score (nSPS) is 12.0. The van der Waals surface area contributed by atoms with Crippen molar-refractivity contribution in [1.82, 2.24) is 9.97 Å². The molecule has 5 nitrogen and oxygen atoms in total. The first kappa shape index (κ1) is 14.4. The van der Waals surface area contributed by atoms with Crippen LogP contribution < -0.4 is 4.72 Å². The zero-order valence-corrected chi connectivity index (χ0v) is 13.7. The van der Waals surface area contributed by atoms with Gasteiger partial charge in [0.1, 0.15) is 0 Å². The number of nitrogens with zero attached hydrogens (tertiary/aromatic N) is 1. The summed E-state index contributed by atoms with van der Waals surface area (Å²) in [5, 5.41) is 2.09. The average Bonchev–Trinajstić information content (AvgIpc) is 3.00. The molecule has 110 valence electrons. The molecule has 0 radical (unpaired) electrons. The van der Waals surface area contributed by atoms with E-state index in [1.54, 1.807) is 19.2 Å². The maximum Gasteiger partial charge on any atom is 0.273 e. The number of nitrogens with one attached hydrogen (secondary N) is 2. The minimum absolute atomic E-state index is 0.186. The molecule has 2 N–H and O–H groups in total. The molecule has 0 spiro atoms. The maximum absolute atomic E-state index is 12.4. The fourth-order valence-electron chi connectivity index (χ4n) is 2.12. The van der Waals surface area contributed by atoms with Gasteiger partial charge in [-0.15, -0.1) is 11.3 Å². The quantitative estimate of drug-likeness (QED) is 0.762. The molecule has 1 aromatic carbocycles. The van der Waals surface area contributed by atoms with Gasteiger partial charge in [-0.25, -0.2) is 13.4 Å². The Morgan fingerprint density at radius 3 is 2.76 bits per heavy atom. The molecule has 0 saturated heterocycles. The standard InChI is InChI=1S/C13H12ClN3O2S2/c1-7-3-4-10(13-12(7)9(14)5-16-13)17-21(18,19)11-6-15-8(2)20-11/h3-6,16-17H,1-2H3. The smallest absolute Gasteiger partial charge is 0.273 e. The lowest BCUT2D eigenvalue weighted by atomic mass is 10.1. The second-order valence-corrected chi connectivity index (χ2v) is 8.17. The summed E-state index contributed by atoms with van der Waals surface area (Å²) in [4.78, 5) is 6.98. The molecule has 0 unspecified atom stereocenters. The molecule has 0 amide bonds. The molecule has 21 heavy (non-hydrogen) atoms. The summed E-state index contributed by atoms with van der Waals surface area (Å²) in [5.74, 6) is 0. The van der Waals surface area contributed by atoms with E-state index in [1.807, 2.05) is 13.0 Å². The number of fused-ring (bicyclic) bond motifs is 1. The Bertz CT molecular complexity index is 928. The lowest BCUT2D eigenvalue weighted by Gasteiger charge is -2.08. The Labute approximate surface area is 131 Å². The van der Waals surface area contributed by atoms with E-state index in [-0.39, 0.29) is 4.21 Å². The molecule has 0 aliphatic heterocycles. The predicted molar refractivity (Wildman–Crippen MR) is 85.7 cm³/mol. The first-order valence-corrected chi connectivity index (χ1v) is 8.77. The molecule has 3 rings (SSSR count). The van der Waals surface area contributed by atoms with Crippen molar-refractivity contribution in [1.29, 1.82) is 0 Å². The van der Waals surface area contributed by atoms with Gasteiger partial charge in [0.25, 0.3) is 10.0 Å². The van der Waals surface area contributed by atoms with Crippen LogP contribution in [0.3, 0.4) is 0 Å². The number of aryl methyl sites for hydroxylation is 2. The van der Waals surface area contributed by atoms with Gasteiger partial charge in [-0.05, 0) is 25.5 Å². The summed E-state index contributed by atoms with van der Waals surface area (Å²) < 4.78 is 27.5. The number of aromatic nitrogens is 2. The summed E-state index contributed by atoms with van der Waals surface area (Å²) in [6.45, 7) is 3.69. The van der Waals surface area contributed by atoms with E-state index in [0.717, 1.165) is 22.3 Å². The number of anilines is 1. The molecular formula is C13H12ClN3O2S2. The van der Waals surface area contributed by atoms with Gasteiger partial charge in [0, 0.05) is 11.6 Å². The number of hydrogen-bond acceptors (Lipinski definition) is 4. The Kier molecular flexibility index (Phi) is 3.43. The zero-order valence-electron chi connectivity index (χ0n) is 11.3. The molecule has 0 aliphatic rings. The van der Waals surface area contributed by atoms with Crippen molar-refractivity contribution in [2.45, 2.75) is 18.1 Å². The van der Waals surface area contributed by atoms with Crippen LogP contribution in [0.1, 0.15) is 10.6 Å². The van der Waals surface area contributed by atoms with Gasteiger partial charge in [0.05, 0.1) is 27.4 Å². The fourth-order valence-corrected chi connectivity index (χ4v) is 4.60. The van der Waals surface area contributed by atoms with Crippen molar-refractivity contribution in [3.05, 3.63) is 40.1 Å². The third-order valence-electron chi connectivity index (χ3n) is 3.10. The molecule has 0 atom stereocenters. The van der Waals surface area contributed by atoms with E-state index in [2.05, 4.69) is 14.7 Å². The van der Waals surface area contributed by atoms with Crippen LogP contribution in [0.4, 0.5) is 5.69 Å². The number of H-pyrrole nitrogens is 1. The summed E-state index contributed by atoms with van der Waals surface area (Å²) in [7, 11) is -3.64. The van der Waals surface area contributed by atoms with Crippen LogP contribution in [0, 0.1) is 13.8 Å². The molecule has 0 aliphatic carbocycles. The molecule has 3 aromatic rings. The highest BCUT2D eigenvalue weighted by molar-refractivity contribution is 7.94. The monoisotopic (exact) mass is 341 g/mol. The van der Waals surface area contributed by atoms with Gasteiger partial charge in [0.2, 0.25) is 0 Å². The van der Waals surface area contributed by atoms with E-state index in [1.165, 1.54) is 6.20 Å². The summed E-state index contributed by atoms with van der Waals surface area (Å²) in [6, 6.07) is 3.55. The number of aromatic amines is 1. The lowest BCUT2D eigenvalue weighted by Crippen LogP contribution is -2.11. The Morgan fingerprint density at radius 1 is 1.33 bits per heavy atom. The van der Waals surface area contributed by atoms with Crippen LogP contribution >= 0.6 is 22.9 Å². The Balaban J connectivity index is 2.08. The predicted octanol–water partition coefficient (Wildman–Crippen LogP) is 3.70. The summed E-state index contributed by atoms with van der Waals surface area (Å²) in [6.07, 6.45) is 3.00. The Hall–Kier alpha value is -1.57. The van der Waals surface area contributed by atoms with Crippen LogP contribution in [-0.4, -0.2) is 18.4 Å². The van der Waals surface area contributed by atoms with E-state index >= 15 is 0 Å². The molecule has 0 fully saturated rings. The Morgan fingerprint density at radius 2 is 2.10 bits per heavy atom. The fraction of sp³-hybridized carbons (Fsp3) is 0.154. The SMILES string of the molecule is Cc1ncc(S(=O)(=O)Nc2ccc(C)c3c(Cl)c[nH]c23)s1. The van der Waals surface area contributed by atoms with Gasteiger partial charge < -0.3 is 4.98 Å². The number of thiazole rings is 1.